The number of benzene rings is 2. The molecule has 0 saturated carbocycles. The molecule has 3 saturated heterocycles. The number of nitrogens with zero attached hydrogens (tertiary/aromatic N) is 5. The summed E-state index contributed by atoms with van der Waals surface area (Å²) in [7, 11) is 0. The highest BCUT2D eigenvalue weighted by atomic mass is 19.4. The predicted octanol–water partition coefficient (Wildman–Crippen LogP) is 3.08. The molecule has 1 unspecified atom stereocenters. The third kappa shape index (κ3) is 5.45. The van der Waals surface area contributed by atoms with Gasteiger partial charge in [0.25, 0.3) is 5.91 Å². The summed E-state index contributed by atoms with van der Waals surface area (Å²) in [5, 5.41) is 9.40. The van der Waals surface area contributed by atoms with Crippen molar-refractivity contribution in [1.29, 1.82) is 0 Å². The molecule has 3 heterocycles. The molecule has 3 amide bonds. The number of carboxylic acid groups (broad SMARTS) is 1. The highest BCUT2D eigenvalue weighted by Gasteiger charge is 2.55. The normalized spacial score (nSPS) is 21.8. The fourth-order valence-corrected chi connectivity index (χ4v) is 6.05. The molecule has 1 spiro atoms. The maximum Gasteiger partial charge on any atom is 0.410 e. The van der Waals surface area contributed by atoms with E-state index in [0.29, 0.717) is 6.54 Å². The van der Waals surface area contributed by atoms with Crippen molar-refractivity contribution in [3.63, 3.8) is 0 Å². The number of hydrogen-bond acceptors (Lipinski definition) is 5. The molecule has 1 N–H and O–H groups in total. The molecular weight excluding hydrogens is 527 g/mol. The molecule has 0 bridgehead atoms. The van der Waals surface area contributed by atoms with Crippen LogP contribution in [0.4, 0.5) is 23.7 Å². The molecule has 2 aromatic rings. The van der Waals surface area contributed by atoms with E-state index in [-0.39, 0.29) is 58.1 Å². The number of rotatable bonds is 5. The van der Waals surface area contributed by atoms with Crippen LogP contribution in [0, 0.1) is 0 Å². The molecule has 0 aromatic heterocycles. The number of hydrogen-bond donors (Lipinski definition) is 1. The number of likely N-dealkylation sites (tertiary alicyclic amines) is 1. The van der Waals surface area contributed by atoms with Gasteiger partial charge >= 0.3 is 12.3 Å². The van der Waals surface area contributed by atoms with Crippen LogP contribution in [0.15, 0.2) is 60.7 Å². The van der Waals surface area contributed by atoms with Crippen molar-refractivity contribution in [2.45, 2.75) is 37.1 Å². The van der Waals surface area contributed by atoms with Crippen LogP contribution >= 0.6 is 0 Å². The molecule has 214 valence electrons. The summed E-state index contributed by atoms with van der Waals surface area (Å²) in [6.45, 7) is 0.0397. The Labute approximate surface area is 230 Å². The number of piperazine rings is 1. The third-order valence-electron chi connectivity index (χ3n) is 8.18. The Bertz CT molecular complexity index is 1220. The Morgan fingerprint density at radius 1 is 0.925 bits per heavy atom. The van der Waals surface area contributed by atoms with Gasteiger partial charge in [0.05, 0.1) is 6.67 Å². The van der Waals surface area contributed by atoms with E-state index >= 15 is 0 Å². The molecule has 9 nitrogen and oxygen atoms in total. The number of halogens is 3. The fourth-order valence-electron chi connectivity index (χ4n) is 6.05. The smallest absolute Gasteiger partial charge is 0.410 e. The summed E-state index contributed by atoms with van der Waals surface area (Å²) in [4.78, 5) is 45.7. The molecule has 0 radical (unpaired) electrons. The zero-order chi connectivity index (χ0) is 28.5. The fraction of sp³-hybridized carbons (Fsp3) is 0.464. The standard InChI is InChI=1S/C28H32F3N5O4/c29-28(30,31)23-18-32(17-21-7-3-1-4-8-21)15-16-35(23)24(37)19-34-20-36(22-9-5-2-6-10-22)27(25(34)38)11-13-33(14-12-27)26(39)40/h1-10,23H,11-20H2,(H,39,40). The molecule has 3 fully saturated rings. The number of carbonyl (C=O) groups is 3. The Balaban J connectivity index is 1.32. The van der Waals surface area contributed by atoms with E-state index in [0.717, 1.165) is 16.2 Å². The minimum absolute atomic E-state index is 0.0340. The first-order valence-corrected chi connectivity index (χ1v) is 13.3. The van der Waals surface area contributed by atoms with Gasteiger partial charge in [0.2, 0.25) is 5.91 Å². The van der Waals surface area contributed by atoms with Crippen molar-refractivity contribution < 1.29 is 32.7 Å². The molecule has 1 atom stereocenters. The number of alkyl halides is 3. The second-order valence-electron chi connectivity index (χ2n) is 10.6. The van der Waals surface area contributed by atoms with Crippen molar-refractivity contribution >= 4 is 23.6 Å². The van der Waals surface area contributed by atoms with E-state index in [9.17, 15) is 32.7 Å². The Morgan fingerprint density at radius 2 is 1.55 bits per heavy atom. The van der Waals surface area contributed by atoms with E-state index in [1.165, 1.54) is 9.80 Å². The topological polar surface area (TPSA) is 87.6 Å². The van der Waals surface area contributed by atoms with Gasteiger partial charge in [-0.05, 0) is 30.5 Å². The van der Waals surface area contributed by atoms with Crippen LogP contribution in [0.5, 0.6) is 0 Å². The first kappa shape index (κ1) is 27.8. The molecule has 2 aromatic carbocycles. The monoisotopic (exact) mass is 559 g/mol. The van der Waals surface area contributed by atoms with Crippen molar-refractivity contribution in [2.75, 3.05) is 50.8 Å². The van der Waals surface area contributed by atoms with Crippen LogP contribution in [-0.2, 0) is 16.1 Å². The average Bonchev–Trinajstić information content (AvgIpc) is 3.20. The summed E-state index contributed by atoms with van der Waals surface area (Å²) in [5.41, 5.74) is 0.564. The van der Waals surface area contributed by atoms with Gasteiger partial charge in [-0.3, -0.25) is 14.5 Å². The lowest BCUT2D eigenvalue weighted by Gasteiger charge is -2.42. The lowest BCUT2D eigenvalue weighted by molar-refractivity contribution is -0.201. The van der Waals surface area contributed by atoms with Crippen molar-refractivity contribution in [3.05, 3.63) is 66.2 Å². The number of piperidine rings is 1. The third-order valence-corrected chi connectivity index (χ3v) is 8.18. The molecular formula is C28H32F3N5O4. The van der Waals surface area contributed by atoms with Crippen LogP contribution in [0.25, 0.3) is 0 Å². The van der Waals surface area contributed by atoms with E-state index in [2.05, 4.69) is 0 Å². The maximum absolute atomic E-state index is 14.2. The van der Waals surface area contributed by atoms with Crippen molar-refractivity contribution in [2.24, 2.45) is 0 Å². The van der Waals surface area contributed by atoms with E-state index in [1.54, 1.807) is 4.90 Å². The summed E-state index contributed by atoms with van der Waals surface area (Å²) in [5.74, 6) is -1.11. The van der Waals surface area contributed by atoms with Crippen LogP contribution in [0.3, 0.4) is 0 Å². The minimum Gasteiger partial charge on any atom is -0.465 e. The highest BCUT2D eigenvalue weighted by molar-refractivity contribution is 5.96. The average molecular weight is 560 g/mol. The number of para-hydroxylation sites is 1. The maximum atomic E-state index is 14.2. The number of carbonyl (C=O) groups excluding carboxylic acids is 2. The predicted molar refractivity (Wildman–Crippen MR) is 140 cm³/mol. The number of amides is 3. The van der Waals surface area contributed by atoms with Gasteiger partial charge in [0, 0.05) is 45.0 Å². The van der Waals surface area contributed by atoms with Crippen LogP contribution in [-0.4, -0.2) is 106 Å². The van der Waals surface area contributed by atoms with Gasteiger partial charge in [0.1, 0.15) is 18.1 Å². The summed E-state index contributed by atoms with van der Waals surface area (Å²) >= 11 is 0. The summed E-state index contributed by atoms with van der Waals surface area (Å²) in [6, 6.07) is 16.4. The largest absolute Gasteiger partial charge is 0.465 e. The molecule has 12 heteroatoms. The second-order valence-corrected chi connectivity index (χ2v) is 10.6. The highest BCUT2D eigenvalue weighted by Crippen LogP contribution is 2.39. The van der Waals surface area contributed by atoms with Crippen molar-refractivity contribution in [1.82, 2.24) is 19.6 Å². The second kappa shape index (κ2) is 11.0. The Kier molecular flexibility index (Phi) is 7.63. The van der Waals surface area contributed by atoms with E-state index in [1.807, 2.05) is 65.6 Å². The van der Waals surface area contributed by atoms with Crippen LogP contribution in [0.1, 0.15) is 18.4 Å². The summed E-state index contributed by atoms with van der Waals surface area (Å²) < 4.78 is 42.5. The van der Waals surface area contributed by atoms with Gasteiger partial charge in [-0.25, -0.2) is 4.79 Å². The number of anilines is 1. The molecule has 5 rings (SSSR count). The van der Waals surface area contributed by atoms with Crippen LogP contribution in [0.2, 0.25) is 0 Å². The zero-order valence-corrected chi connectivity index (χ0v) is 22.0. The minimum atomic E-state index is -4.62. The molecule has 3 aliphatic heterocycles. The first-order chi connectivity index (χ1) is 19.1. The summed E-state index contributed by atoms with van der Waals surface area (Å²) in [6.07, 6.45) is -5.24. The van der Waals surface area contributed by atoms with Crippen molar-refractivity contribution in [3.8, 4) is 0 Å². The Morgan fingerprint density at radius 3 is 2.15 bits per heavy atom. The quantitative estimate of drug-likeness (QED) is 0.606. The van der Waals surface area contributed by atoms with Gasteiger partial charge in [-0.15, -0.1) is 0 Å². The molecule has 3 aliphatic rings. The first-order valence-electron chi connectivity index (χ1n) is 13.3. The van der Waals surface area contributed by atoms with Gasteiger partial charge in [-0.2, -0.15) is 13.2 Å². The Hall–Kier alpha value is -3.80. The lowest BCUT2D eigenvalue weighted by Crippen LogP contribution is -2.62. The lowest BCUT2D eigenvalue weighted by atomic mass is 9.85. The van der Waals surface area contributed by atoms with E-state index < -0.39 is 36.3 Å². The molecule has 0 aliphatic carbocycles. The zero-order valence-electron chi connectivity index (χ0n) is 22.0. The molecule has 40 heavy (non-hydrogen) atoms. The SMILES string of the molecule is O=C(O)N1CCC2(CC1)C(=O)N(CC(=O)N1CCN(Cc3ccccc3)CC1C(F)(F)F)CN2c1ccccc1. The van der Waals surface area contributed by atoms with Gasteiger partial charge in [-0.1, -0.05) is 48.5 Å². The van der Waals surface area contributed by atoms with Gasteiger partial charge < -0.3 is 24.7 Å². The van der Waals surface area contributed by atoms with E-state index in [4.69, 9.17) is 0 Å². The van der Waals surface area contributed by atoms with Gasteiger partial charge in [0.15, 0.2) is 0 Å². The van der Waals surface area contributed by atoms with Crippen LogP contribution < -0.4 is 4.90 Å².